The Morgan fingerprint density at radius 2 is 0.696 bits per heavy atom. The van der Waals surface area contributed by atoms with E-state index in [4.69, 9.17) is 0 Å². The van der Waals surface area contributed by atoms with Crippen LogP contribution in [0.5, 0.6) is 0 Å². The molecular weight excluding hydrogens is 681 g/mol. The number of para-hydroxylation sites is 2. The first-order valence-corrected chi connectivity index (χ1v) is 19.0. The van der Waals surface area contributed by atoms with Crippen molar-refractivity contribution >= 4 is 43.6 Å². The van der Waals surface area contributed by atoms with E-state index in [9.17, 15) is 0 Å². The normalized spacial score (nSPS) is 11.6. The van der Waals surface area contributed by atoms with Gasteiger partial charge in [0, 0.05) is 56.4 Å². The van der Waals surface area contributed by atoms with Crippen molar-refractivity contribution in [3.05, 3.63) is 207 Å². The van der Waals surface area contributed by atoms with Gasteiger partial charge in [-0.2, -0.15) is 0 Å². The Morgan fingerprint density at radius 1 is 0.286 bits per heavy atom. The predicted octanol–water partition coefficient (Wildman–Crippen LogP) is 13.3. The Kier molecular flexibility index (Phi) is 7.46. The van der Waals surface area contributed by atoms with Crippen molar-refractivity contribution in [1.29, 1.82) is 0 Å². The largest absolute Gasteiger partial charge is 0.309 e. The lowest BCUT2D eigenvalue weighted by Gasteiger charge is -2.14. The van der Waals surface area contributed by atoms with E-state index in [1.54, 1.807) is 0 Å². The average molecular weight is 715 g/mol. The molecule has 0 aliphatic rings. The first kappa shape index (κ1) is 31.9. The maximum atomic E-state index is 4.68. The molecule has 0 atom stereocenters. The smallest absolute Gasteiger partial charge is 0.0708 e. The highest BCUT2D eigenvalue weighted by atomic mass is 15.0. The van der Waals surface area contributed by atoms with Crippen molar-refractivity contribution < 1.29 is 0 Å². The summed E-state index contributed by atoms with van der Waals surface area (Å²) in [6.45, 7) is 0. The summed E-state index contributed by atoms with van der Waals surface area (Å²) in [4.78, 5) is 9.37. The van der Waals surface area contributed by atoms with Crippen molar-refractivity contribution in [3.63, 3.8) is 0 Å². The van der Waals surface area contributed by atoms with E-state index in [1.165, 1.54) is 65.9 Å². The molecule has 0 N–H and O–H groups in total. The number of benzene rings is 7. The van der Waals surface area contributed by atoms with Crippen LogP contribution in [0.1, 0.15) is 0 Å². The van der Waals surface area contributed by atoms with Crippen LogP contribution in [0.25, 0.3) is 99.8 Å². The van der Waals surface area contributed by atoms with Crippen molar-refractivity contribution in [2.24, 2.45) is 0 Å². The maximum Gasteiger partial charge on any atom is 0.0708 e. The van der Waals surface area contributed by atoms with Crippen molar-refractivity contribution in [2.75, 3.05) is 0 Å². The summed E-state index contributed by atoms with van der Waals surface area (Å²) in [5.41, 5.74) is 15.8. The van der Waals surface area contributed by atoms with Crippen LogP contribution in [0.2, 0.25) is 0 Å². The highest BCUT2D eigenvalue weighted by Crippen LogP contribution is 2.40. The summed E-state index contributed by atoms with van der Waals surface area (Å²) in [5.74, 6) is 0. The minimum Gasteiger partial charge on any atom is -0.309 e. The zero-order valence-electron chi connectivity index (χ0n) is 30.4. The fourth-order valence-corrected chi connectivity index (χ4v) is 8.57. The van der Waals surface area contributed by atoms with Crippen LogP contribution in [-0.2, 0) is 0 Å². The number of pyridine rings is 2. The van der Waals surface area contributed by atoms with Crippen LogP contribution < -0.4 is 0 Å². The Hall–Kier alpha value is -7.56. The number of hydrogen-bond acceptors (Lipinski definition) is 2. The molecule has 4 nitrogen and oxygen atoms in total. The second-order valence-electron chi connectivity index (χ2n) is 14.2. The van der Waals surface area contributed by atoms with E-state index in [0.717, 1.165) is 33.9 Å². The Bertz CT molecular complexity index is 3030. The summed E-state index contributed by atoms with van der Waals surface area (Å²) in [5, 5.41) is 4.88. The Labute approximate surface area is 324 Å². The summed E-state index contributed by atoms with van der Waals surface area (Å²) in [7, 11) is 0. The van der Waals surface area contributed by atoms with Gasteiger partial charge in [0.05, 0.1) is 33.5 Å². The molecule has 0 saturated heterocycles. The molecule has 0 unspecified atom stereocenters. The molecule has 4 heterocycles. The van der Waals surface area contributed by atoms with Crippen LogP contribution in [0.3, 0.4) is 0 Å². The molecule has 0 aliphatic heterocycles. The minimum absolute atomic E-state index is 0.970. The molecular formula is C52H34N4. The van der Waals surface area contributed by atoms with Crippen LogP contribution in [0.15, 0.2) is 207 Å². The SMILES string of the molecule is c1ccc(-c2ccccc2-c2ccc3c(c2)c2ccccc2n3-c2cccc(-n3c4ccccc4c4cc(-c5ccccc5-c5ccccn5)ccc43)c2)nc1. The molecule has 0 bridgehead atoms. The van der Waals surface area contributed by atoms with Crippen LogP contribution in [-0.4, -0.2) is 19.1 Å². The average Bonchev–Trinajstić information content (AvgIpc) is 3.79. The number of fused-ring (bicyclic) bond motifs is 6. The molecule has 4 heteroatoms. The molecule has 56 heavy (non-hydrogen) atoms. The summed E-state index contributed by atoms with van der Waals surface area (Å²) in [6, 6.07) is 69.5. The standard InChI is InChI=1S/C52H34N4/c1-3-18-41(47-22-9-11-30-53-47)39(16-1)35-26-28-51-45(32-35)43-20-5-7-24-49(43)55(51)37-14-13-15-38(34-37)56-50-25-8-6-21-44(50)46-33-36(27-29-52(46)56)40-17-2-4-19-42(40)48-23-10-12-31-54-48/h1-34H. The number of nitrogens with zero attached hydrogens (tertiary/aromatic N) is 4. The van der Waals surface area contributed by atoms with Gasteiger partial charge in [-0.15, -0.1) is 0 Å². The number of hydrogen-bond donors (Lipinski definition) is 0. The summed E-state index contributed by atoms with van der Waals surface area (Å²) >= 11 is 0. The van der Waals surface area contributed by atoms with E-state index in [-0.39, 0.29) is 0 Å². The molecule has 0 saturated carbocycles. The third-order valence-corrected chi connectivity index (χ3v) is 11.0. The highest BCUT2D eigenvalue weighted by molar-refractivity contribution is 6.12. The van der Waals surface area contributed by atoms with E-state index in [1.807, 2.05) is 36.7 Å². The highest BCUT2D eigenvalue weighted by Gasteiger charge is 2.18. The third kappa shape index (κ3) is 5.15. The molecule has 262 valence electrons. The molecule has 0 spiro atoms. The fourth-order valence-electron chi connectivity index (χ4n) is 8.57. The maximum absolute atomic E-state index is 4.68. The van der Waals surface area contributed by atoms with Crippen molar-refractivity contribution in [3.8, 4) is 56.1 Å². The van der Waals surface area contributed by atoms with Gasteiger partial charge in [-0.05, 0) is 101 Å². The zero-order valence-corrected chi connectivity index (χ0v) is 30.4. The molecule has 0 radical (unpaired) electrons. The minimum atomic E-state index is 0.970. The molecule has 0 aliphatic carbocycles. The second kappa shape index (κ2) is 13.1. The quantitative estimate of drug-likeness (QED) is 0.172. The first-order chi connectivity index (χ1) is 27.8. The van der Waals surface area contributed by atoms with E-state index in [2.05, 4.69) is 189 Å². The lowest BCUT2D eigenvalue weighted by atomic mass is 9.96. The van der Waals surface area contributed by atoms with Gasteiger partial charge < -0.3 is 9.13 Å². The molecule has 11 rings (SSSR count). The van der Waals surface area contributed by atoms with Gasteiger partial charge >= 0.3 is 0 Å². The molecule has 11 aromatic rings. The van der Waals surface area contributed by atoms with Gasteiger partial charge in [-0.25, -0.2) is 0 Å². The summed E-state index contributed by atoms with van der Waals surface area (Å²) < 4.78 is 4.81. The monoisotopic (exact) mass is 714 g/mol. The lowest BCUT2D eigenvalue weighted by molar-refractivity contribution is 1.13. The Morgan fingerprint density at radius 3 is 1.16 bits per heavy atom. The molecule has 7 aromatic carbocycles. The van der Waals surface area contributed by atoms with Crippen LogP contribution in [0.4, 0.5) is 0 Å². The number of rotatable bonds is 6. The lowest BCUT2D eigenvalue weighted by Crippen LogP contribution is -1.98. The van der Waals surface area contributed by atoms with Gasteiger partial charge in [0.1, 0.15) is 0 Å². The van der Waals surface area contributed by atoms with E-state index >= 15 is 0 Å². The molecule has 0 amide bonds. The molecule has 0 fully saturated rings. The topological polar surface area (TPSA) is 35.6 Å². The van der Waals surface area contributed by atoms with E-state index in [0.29, 0.717) is 0 Å². The van der Waals surface area contributed by atoms with Gasteiger partial charge in [-0.3, -0.25) is 9.97 Å². The second-order valence-corrected chi connectivity index (χ2v) is 14.2. The third-order valence-electron chi connectivity index (χ3n) is 11.0. The van der Waals surface area contributed by atoms with Crippen molar-refractivity contribution in [1.82, 2.24) is 19.1 Å². The fraction of sp³-hybridized carbons (Fsp3) is 0. The zero-order chi connectivity index (χ0) is 37.0. The molecule has 4 aromatic heterocycles. The van der Waals surface area contributed by atoms with Gasteiger partial charge in [-0.1, -0.05) is 115 Å². The van der Waals surface area contributed by atoms with Gasteiger partial charge in [0.25, 0.3) is 0 Å². The van der Waals surface area contributed by atoms with Gasteiger partial charge in [0.2, 0.25) is 0 Å². The van der Waals surface area contributed by atoms with Gasteiger partial charge in [0.15, 0.2) is 0 Å². The predicted molar refractivity (Wildman–Crippen MR) is 232 cm³/mol. The van der Waals surface area contributed by atoms with Crippen molar-refractivity contribution in [2.45, 2.75) is 0 Å². The number of aromatic nitrogens is 4. The summed E-state index contributed by atoms with van der Waals surface area (Å²) in [6.07, 6.45) is 3.72. The Balaban J connectivity index is 1.06. The van der Waals surface area contributed by atoms with Crippen LogP contribution in [0, 0.1) is 0 Å². The first-order valence-electron chi connectivity index (χ1n) is 19.0. The van der Waals surface area contributed by atoms with E-state index < -0.39 is 0 Å². The van der Waals surface area contributed by atoms with Crippen LogP contribution >= 0.6 is 0 Å².